The number of fused-ring (bicyclic) bond motifs is 10. The van der Waals surface area contributed by atoms with Crippen molar-refractivity contribution >= 4 is 112 Å². The van der Waals surface area contributed by atoms with Crippen molar-refractivity contribution in [1.82, 2.24) is 0 Å². The molecule has 0 saturated heterocycles. The third-order valence-electron chi connectivity index (χ3n) is 14.0. The first kappa shape index (κ1) is 34.8. The summed E-state index contributed by atoms with van der Waals surface area (Å²) in [5.74, 6) is 4.50. The van der Waals surface area contributed by atoms with Crippen LogP contribution in [0.2, 0.25) is 0 Å². The van der Waals surface area contributed by atoms with Crippen molar-refractivity contribution in [1.29, 1.82) is 0 Å². The van der Waals surface area contributed by atoms with E-state index in [9.17, 15) is 0 Å². The first-order chi connectivity index (χ1) is 29.2. The van der Waals surface area contributed by atoms with Crippen molar-refractivity contribution in [3.8, 4) is 28.7 Å². The first-order valence-electron chi connectivity index (χ1n) is 20.7. The highest BCUT2D eigenvalue weighted by Crippen LogP contribution is 2.62. The van der Waals surface area contributed by atoms with Crippen molar-refractivity contribution in [2.75, 3.05) is 16.9 Å². The summed E-state index contributed by atoms with van der Waals surface area (Å²) in [7, 11) is 1.74. The van der Waals surface area contributed by atoms with E-state index < -0.39 is 0 Å². The molecule has 0 N–H and O–H groups in total. The van der Waals surface area contributed by atoms with E-state index in [1.165, 1.54) is 69.4 Å². The summed E-state index contributed by atoms with van der Waals surface area (Å²) in [4.78, 5) is 4.84. The van der Waals surface area contributed by atoms with Gasteiger partial charge in [0, 0.05) is 59.4 Å². The van der Waals surface area contributed by atoms with Gasteiger partial charge in [-0.25, -0.2) is 0 Å². The van der Waals surface area contributed by atoms with Crippen molar-refractivity contribution < 1.29 is 14.2 Å². The maximum Gasteiger partial charge on any atom is 0.256 e. The van der Waals surface area contributed by atoms with Crippen LogP contribution in [0.3, 0.4) is 0 Å². The number of hydrogen-bond acceptors (Lipinski definition) is 7. The third-order valence-corrected chi connectivity index (χ3v) is 16.7. The molecule has 0 bridgehead atoms. The van der Waals surface area contributed by atoms with Crippen LogP contribution in [0.15, 0.2) is 150 Å². The van der Waals surface area contributed by atoms with Crippen LogP contribution in [0.25, 0.3) is 20.2 Å². The van der Waals surface area contributed by atoms with Crippen LogP contribution in [-0.2, 0) is 0 Å². The summed E-state index contributed by atoms with van der Waals surface area (Å²) < 4.78 is 22.3. The van der Waals surface area contributed by atoms with Crippen molar-refractivity contribution in [2.45, 2.75) is 32.4 Å². The second-order valence-corrected chi connectivity index (χ2v) is 20.2. The van der Waals surface area contributed by atoms with Gasteiger partial charge in [0.2, 0.25) is 0 Å². The molecule has 13 rings (SSSR count). The monoisotopic (exact) mass is 812 g/mol. The predicted octanol–water partition coefficient (Wildman–Crippen LogP) is 10.6. The molecule has 0 spiro atoms. The van der Waals surface area contributed by atoms with Gasteiger partial charge in [-0.2, -0.15) is 0 Å². The van der Waals surface area contributed by atoms with E-state index in [4.69, 9.17) is 14.2 Å². The number of thiophene rings is 1. The molecule has 0 unspecified atom stereocenters. The van der Waals surface area contributed by atoms with Gasteiger partial charge in [-0.1, -0.05) is 73.9 Å². The van der Waals surface area contributed by atoms with E-state index in [0.29, 0.717) is 0 Å². The number of ether oxygens (including phenoxy) is 3. The van der Waals surface area contributed by atoms with E-state index >= 15 is 0 Å². The SMILES string of the molecule is COc1ccc2c(c1)N(c1ccccc1)c1cccc3c1B2c1cc2sc4cc5c(cc4c2cc1O3)Oc1cccc2c1B5C1=C(SC(C)(C)C1(C)C)N2c1ccccc1. The molecule has 288 valence electrons. The minimum absolute atomic E-state index is 0.00880. The molecule has 60 heavy (non-hydrogen) atoms. The average Bonchev–Trinajstić information content (AvgIpc) is 3.70. The molecule has 8 aromatic rings. The van der Waals surface area contributed by atoms with Crippen LogP contribution in [0.1, 0.15) is 27.7 Å². The molecule has 0 fully saturated rings. The quantitative estimate of drug-likeness (QED) is 0.165. The van der Waals surface area contributed by atoms with Crippen LogP contribution in [0, 0.1) is 5.41 Å². The zero-order valence-electron chi connectivity index (χ0n) is 33.9. The highest BCUT2D eigenvalue weighted by Gasteiger charge is 2.57. The number of thioether (sulfide) groups is 1. The number of methoxy groups -OCH3 is 1. The van der Waals surface area contributed by atoms with Gasteiger partial charge in [0.25, 0.3) is 13.4 Å². The summed E-state index contributed by atoms with van der Waals surface area (Å²) >= 11 is 3.89. The number of para-hydroxylation sites is 2. The van der Waals surface area contributed by atoms with Crippen LogP contribution in [0.5, 0.6) is 28.7 Å². The molecular formula is C51H38B2N2O3S2. The summed E-state index contributed by atoms with van der Waals surface area (Å²) in [6, 6.07) is 50.4. The lowest BCUT2D eigenvalue weighted by atomic mass is 9.30. The number of nitrogens with zero attached hydrogens (tertiary/aromatic N) is 2. The molecule has 9 heteroatoms. The largest absolute Gasteiger partial charge is 0.497 e. The van der Waals surface area contributed by atoms with Gasteiger partial charge in [0.05, 0.1) is 12.1 Å². The van der Waals surface area contributed by atoms with Crippen LogP contribution in [-0.4, -0.2) is 25.3 Å². The molecule has 0 atom stereocenters. The lowest BCUT2D eigenvalue weighted by molar-refractivity contribution is 0.370. The Morgan fingerprint density at radius 3 is 1.72 bits per heavy atom. The van der Waals surface area contributed by atoms with E-state index in [1.807, 2.05) is 23.1 Å². The zero-order valence-corrected chi connectivity index (χ0v) is 35.5. The Labute approximate surface area is 358 Å². The zero-order chi connectivity index (χ0) is 40.2. The Morgan fingerprint density at radius 1 is 0.533 bits per heavy atom. The highest BCUT2D eigenvalue weighted by molar-refractivity contribution is 8.05. The molecule has 0 amide bonds. The molecule has 7 aromatic carbocycles. The summed E-state index contributed by atoms with van der Waals surface area (Å²) in [6.07, 6.45) is 0. The Balaban J connectivity index is 1.01. The maximum absolute atomic E-state index is 7.02. The molecule has 6 heterocycles. The molecule has 5 aliphatic rings. The fraction of sp³-hybridized carbons (Fsp3) is 0.137. The standard InChI is InChI=1S/C51H38B2N2O3S2/c1-50(2)48-49(60-51(50,3)4)55(30-16-10-7-11-17-30)38-19-13-21-41-47(38)53(48)36-28-45-33(26-43(36)58-41)32-25-42-35(27-44(32)59-45)52-34-23-22-31(56-5)24-39(34)54(29-14-8-6-9-15-29)37-18-12-20-40(57-42)46(37)52/h6-28H,1-5H3. The number of hydrogen-bond donors (Lipinski definition) is 0. The Bertz CT molecular complexity index is 3220. The summed E-state index contributed by atoms with van der Waals surface area (Å²) in [5, 5.41) is 3.72. The van der Waals surface area contributed by atoms with Crippen LogP contribution in [0.4, 0.5) is 28.4 Å². The summed E-state index contributed by atoms with van der Waals surface area (Å²) in [6.45, 7) is 9.77. The van der Waals surface area contributed by atoms with Crippen molar-refractivity contribution in [3.63, 3.8) is 0 Å². The lowest BCUT2D eigenvalue weighted by Crippen LogP contribution is -2.59. The topological polar surface area (TPSA) is 34.2 Å². The van der Waals surface area contributed by atoms with E-state index in [1.54, 1.807) is 7.11 Å². The van der Waals surface area contributed by atoms with Gasteiger partial charge in [-0.15, -0.1) is 23.1 Å². The minimum Gasteiger partial charge on any atom is -0.497 e. The number of anilines is 5. The van der Waals surface area contributed by atoms with E-state index in [0.717, 1.165) is 45.8 Å². The molecule has 0 aliphatic carbocycles. The van der Waals surface area contributed by atoms with Crippen LogP contribution < -0.4 is 51.3 Å². The van der Waals surface area contributed by atoms with E-state index in [2.05, 4.69) is 177 Å². The van der Waals surface area contributed by atoms with Gasteiger partial charge in [0.15, 0.2) is 0 Å². The van der Waals surface area contributed by atoms with Gasteiger partial charge in [-0.05, 0) is 125 Å². The number of benzene rings is 7. The number of allylic oxidation sites excluding steroid dienone is 1. The predicted molar refractivity (Wildman–Crippen MR) is 254 cm³/mol. The molecule has 1 aromatic heterocycles. The Kier molecular flexibility index (Phi) is 6.99. The van der Waals surface area contributed by atoms with Gasteiger partial charge in [-0.3, -0.25) is 0 Å². The second kappa shape index (κ2) is 12.1. The second-order valence-electron chi connectivity index (χ2n) is 17.5. The number of rotatable bonds is 3. The lowest BCUT2D eigenvalue weighted by Gasteiger charge is -2.43. The van der Waals surface area contributed by atoms with Gasteiger partial charge < -0.3 is 24.0 Å². The third kappa shape index (κ3) is 4.51. The first-order valence-corrected chi connectivity index (χ1v) is 22.3. The van der Waals surface area contributed by atoms with Crippen LogP contribution >= 0.6 is 23.1 Å². The smallest absolute Gasteiger partial charge is 0.256 e. The highest BCUT2D eigenvalue weighted by atomic mass is 32.2. The minimum atomic E-state index is -0.0973. The van der Waals surface area contributed by atoms with Gasteiger partial charge in [0.1, 0.15) is 28.7 Å². The molecule has 5 aliphatic heterocycles. The average molecular weight is 813 g/mol. The Hall–Kier alpha value is -6.02. The van der Waals surface area contributed by atoms with Crippen molar-refractivity contribution in [2.24, 2.45) is 5.41 Å². The maximum atomic E-state index is 7.02. The molecule has 5 nitrogen and oxygen atoms in total. The van der Waals surface area contributed by atoms with Crippen molar-refractivity contribution in [3.05, 3.63) is 150 Å². The van der Waals surface area contributed by atoms with Gasteiger partial charge >= 0.3 is 0 Å². The fourth-order valence-corrected chi connectivity index (χ4v) is 13.3. The molecular weight excluding hydrogens is 774 g/mol. The van der Waals surface area contributed by atoms with E-state index in [-0.39, 0.29) is 23.6 Å². The fourth-order valence-electron chi connectivity index (χ4n) is 10.6. The molecule has 0 saturated carbocycles. The Morgan fingerprint density at radius 2 is 1.10 bits per heavy atom. The molecule has 0 radical (unpaired) electrons. The summed E-state index contributed by atoms with van der Waals surface area (Å²) in [5.41, 5.74) is 13.2. The normalized spacial score (nSPS) is 17.0.